The molecule has 0 unspecified atom stereocenters. The van der Waals surface area contributed by atoms with Gasteiger partial charge in [-0.25, -0.2) is 14.3 Å². The number of carbonyl (C=O) groups excluding carboxylic acids is 2. The molecule has 0 fully saturated rings. The molecule has 0 spiro atoms. The highest BCUT2D eigenvalue weighted by atomic mass is 35.5. The van der Waals surface area contributed by atoms with Crippen LogP contribution in [0.15, 0.2) is 42.7 Å². The second-order valence-electron chi connectivity index (χ2n) is 8.85. The molecule has 3 aromatic heterocycles. The van der Waals surface area contributed by atoms with Crippen molar-refractivity contribution in [2.45, 2.75) is 38.4 Å². The molecule has 9 nitrogen and oxygen atoms in total. The predicted octanol–water partition coefficient (Wildman–Crippen LogP) is 6.27. The van der Waals surface area contributed by atoms with Crippen molar-refractivity contribution in [1.82, 2.24) is 29.8 Å². The van der Waals surface area contributed by atoms with E-state index >= 15 is 0 Å². The van der Waals surface area contributed by atoms with E-state index in [9.17, 15) is 40.3 Å². The number of ketones is 1. The number of hydrogen-bond acceptors (Lipinski definition) is 6. The summed E-state index contributed by atoms with van der Waals surface area (Å²) in [6.07, 6.45) is -5.04. The molecule has 0 bridgehead atoms. The van der Waals surface area contributed by atoms with Crippen LogP contribution in [0, 0.1) is 6.92 Å². The molecule has 18 heteroatoms. The Bertz CT molecular complexity index is 1690. The summed E-state index contributed by atoms with van der Waals surface area (Å²) >= 11 is 12.3. The Kier molecular flexibility index (Phi) is 8.08. The number of amides is 1. The van der Waals surface area contributed by atoms with Crippen LogP contribution in [0.1, 0.15) is 44.7 Å². The van der Waals surface area contributed by atoms with Crippen LogP contribution in [0.4, 0.5) is 36.4 Å². The molecule has 1 aromatic carbocycles. The Morgan fingerprint density at radius 3 is 2.36 bits per heavy atom. The lowest BCUT2D eigenvalue weighted by molar-refractivity contribution is -0.360. The van der Waals surface area contributed by atoms with Gasteiger partial charge >= 0.3 is 18.0 Å². The number of nitrogens with one attached hydrogen (secondary N) is 1. The predicted molar refractivity (Wildman–Crippen MR) is 135 cm³/mol. The molecule has 0 atom stereocenters. The summed E-state index contributed by atoms with van der Waals surface area (Å²) in [6, 6.07) is 6.91. The summed E-state index contributed by atoms with van der Waals surface area (Å²) in [5, 5.41) is 13.0. The maximum atomic E-state index is 14.1. The summed E-state index contributed by atoms with van der Waals surface area (Å²) in [5.74, 6) is -13.5. The number of pyridine rings is 1. The fourth-order valence-corrected chi connectivity index (χ4v) is 4.23. The van der Waals surface area contributed by atoms with E-state index in [1.54, 1.807) is 6.92 Å². The van der Waals surface area contributed by atoms with Crippen molar-refractivity contribution >= 4 is 40.6 Å². The van der Waals surface area contributed by atoms with Gasteiger partial charge in [0, 0.05) is 16.8 Å². The van der Waals surface area contributed by atoms with Crippen molar-refractivity contribution in [3.05, 3.63) is 81.0 Å². The van der Waals surface area contributed by atoms with Gasteiger partial charge in [0.2, 0.25) is 0 Å². The number of halogens is 9. The van der Waals surface area contributed by atoms with Crippen LogP contribution >= 0.6 is 23.2 Å². The molecule has 1 amide bonds. The van der Waals surface area contributed by atoms with E-state index in [1.165, 1.54) is 37.4 Å². The smallest absolute Gasteiger partial charge is 0.320 e. The SMILES string of the molecule is CC(=O)c1cc(Cl)cc(C)c1NC(=O)c1cc(Cn2cc(C(F)(F)C(F)(F)C(F)(F)F)nn2)nn1-c1ncccc1Cl. The number of carbonyl (C=O) groups is 2. The largest absolute Gasteiger partial charge is 0.460 e. The zero-order valence-corrected chi connectivity index (χ0v) is 22.7. The molecule has 0 aliphatic rings. The first kappa shape index (κ1) is 30.9. The second kappa shape index (κ2) is 11.0. The lowest BCUT2D eigenvalue weighted by Gasteiger charge is -2.26. The van der Waals surface area contributed by atoms with Crippen LogP contribution < -0.4 is 5.32 Å². The summed E-state index contributed by atoms with van der Waals surface area (Å²) in [4.78, 5) is 29.7. The number of alkyl halides is 7. The zero-order valence-electron chi connectivity index (χ0n) is 21.2. The molecule has 0 saturated heterocycles. The maximum Gasteiger partial charge on any atom is 0.460 e. The lowest BCUT2D eigenvalue weighted by atomic mass is 10.0. The molecule has 0 saturated carbocycles. The van der Waals surface area contributed by atoms with E-state index in [0.29, 0.717) is 10.2 Å². The molecule has 0 radical (unpaired) electrons. The summed E-state index contributed by atoms with van der Waals surface area (Å²) in [6.45, 7) is 2.25. The standard InChI is InChI=1S/C24H16Cl2F7N7O2/c1-11-6-13(25)7-15(12(2)41)19(11)35-21(42)17-8-14(37-40(17)20-16(26)4-3-5-34-20)9-39-10-18(36-38-39)22(27,28)23(29,30)24(31,32)33/h3-8,10H,9H2,1-2H3,(H,35,42). The second-order valence-corrected chi connectivity index (χ2v) is 9.69. The average molecular weight is 638 g/mol. The Balaban J connectivity index is 1.73. The van der Waals surface area contributed by atoms with Crippen LogP contribution in [0.2, 0.25) is 10.0 Å². The third-order valence-corrected chi connectivity index (χ3v) is 6.30. The first-order valence-electron chi connectivity index (χ1n) is 11.5. The van der Waals surface area contributed by atoms with E-state index in [-0.39, 0.29) is 44.7 Å². The summed E-state index contributed by atoms with van der Waals surface area (Å²) in [5.41, 5.74) is -1.61. The van der Waals surface area contributed by atoms with E-state index in [4.69, 9.17) is 23.2 Å². The minimum atomic E-state index is -6.56. The first-order chi connectivity index (χ1) is 19.4. The number of nitrogens with zero attached hydrogens (tertiary/aromatic N) is 6. The van der Waals surface area contributed by atoms with Crippen molar-refractivity contribution in [3.8, 4) is 5.82 Å². The summed E-state index contributed by atoms with van der Waals surface area (Å²) in [7, 11) is 0. The number of rotatable bonds is 8. The monoisotopic (exact) mass is 637 g/mol. The van der Waals surface area contributed by atoms with Gasteiger partial charge < -0.3 is 5.32 Å². The van der Waals surface area contributed by atoms with Crippen LogP contribution in [0.3, 0.4) is 0 Å². The number of hydrogen-bond donors (Lipinski definition) is 1. The highest BCUT2D eigenvalue weighted by Gasteiger charge is 2.74. The number of benzene rings is 1. The van der Waals surface area contributed by atoms with E-state index < -0.39 is 42.0 Å². The molecule has 0 aliphatic heterocycles. The number of aryl methyl sites for hydroxylation is 1. The van der Waals surface area contributed by atoms with Crippen LogP contribution in [-0.2, 0) is 12.5 Å². The van der Waals surface area contributed by atoms with Gasteiger partial charge in [-0.3, -0.25) is 9.59 Å². The average Bonchev–Trinajstić information content (AvgIpc) is 3.53. The van der Waals surface area contributed by atoms with Gasteiger partial charge in [-0.2, -0.15) is 35.8 Å². The molecule has 4 rings (SSSR count). The van der Waals surface area contributed by atoms with Gasteiger partial charge in [0.1, 0.15) is 5.69 Å². The highest BCUT2D eigenvalue weighted by Crippen LogP contribution is 2.51. The van der Waals surface area contributed by atoms with Crippen molar-refractivity contribution in [3.63, 3.8) is 0 Å². The third-order valence-electron chi connectivity index (χ3n) is 5.79. The number of Topliss-reactive ketones (excluding diaryl/α,β-unsaturated/α-hetero) is 1. The van der Waals surface area contributed by atoms with Gasteiger partial charge in [0.15, 0.2) is 17.3 Å². The fourth-order valence-electron chi connectivity index (χ4n) is 3.75. The minimum absolute atomic E-state index is 0.0327. The van der Waals surface area contributed by atoms with Crippen LogP contribution in [0.5, 0.6) is 0 Å². The van der Waals surface area contributed by atoms with Crippen molar-refractivity contribution in [1.29, 1.82) is 0 Å². The Labute approximate surface area is 241 Å². The molecule has 42 heavy (non-hydrogen) atoms. The Morgan fingerprint density at radius 2 is 1.74 bits per heavy atom. The molecule has 222 valence electrons. The van der Waals surface area contributed by atoms with Crippen LogP contribution in [0.25, 0.3) is 5.82 Å². The van der Waals surface area contributed by atoms with E-state index in [0.717, 1.165) is 10.7 Å². The molecule has 1 N–H and O–H groups in total. The topological polar surface area (TPSA) is 108 Å². The maximum absolute atomic E-state index is 14.1. The van der Waals surface area contributed by atoms with Crippen molar-refractivity contribution in [2.75, 3.05) is 5.32 Å². The zero-order chi connectivity index (χ0) is 31.2. The van der Waals surface area contributed by atoms with Crippen molar-refractivity contribution in [2.24, 2.45) is 0 Å². The molecular weight excluding hydrogens is 622 g/mol. The molecule has 4 aromatic rings. The van der Waals surface area contributed by atoms with E-state index in [1.807, 2.05) is 0 Å². The van der Waals surface area contributed by atoms with Crippen molar-refractivity contribution < 1.29 is 40.3 Å². The van der Waals surface area contributed by atoms with Gasteiger partial charge in [0.05, 0.1) is 29.1 Å². The molecular formula is C24H16Cl2F7N7O2. The van der Waals surface area contributed by atoms with Gasteiger partial charge in [-0.05, 0) is 49.7 Å². The normalized spacial score (nSPS) is 12.5. The summed E-state index contributed by atoms with van der Waals surface area (Å²) < 4.78 is 94.3. The number of anilines is 1. The van der Waals surface area contributed by atoms with Crippen LogP contribution in [-0.4, -0.2) is 53.5 Å². The van der Waals surface area contributed by atoms with Gasteiger partial charge in [0.25, 0.3) is 5.91 Å². The Morgan fingerprint density at radius 1 is 1.05 bits per heavy atom. The first-order valence-corrected chi connectivity index (χ1v) is 12.2. The molecule has 0 aliphatic carbocycles. The minimum Gasteiger partial charge on any atom is -0.320 e. The number of aromatic nitrogens is 6. The van der Waals surface area contributed by atoms with E-state index in [2.05, 4.69) is 25.7 Å². The molecule has 3 heterocycles. The lowest BCUT2D eigenvalue weighted by Crippen LogP contribution is -2.50. The highest BCUT2D eigenvalue weighted by molar-refractivity contribution is 6.32. The Hall–Kier alpha value is -4.05. The van der Waals surface area contributed by atoms with Gasteiger partial charge in [-0.1, -0.05) is 28.4 Å². The third kappa shape index (κ3) is 5.68. The quantitative estimate of drug-likeness (QED) is 0.180. The fraction of sp³-hybridized carbons (Fsp3) is 0.250. The van der Waals surface area contributed by atoms with Gasteiger partial charge in [-0.15, -0.1) is 5.10 Å².